The number of hydrogen-bond acceptors (Lipinski definition) is 3. The molecule has 0 bridgehead atoms. The average Bonchev–Trinajstić information content (AvgIpc) is 2.48. The predicted octanol–water partition coefficient (Wildman–Crippen LogP) is 3.23. The van der Waals surface area contributed by atoms with E-state index in [0.717, 1.165) is 18.7 Å². The number of hydrogen-bond donors (Lipinski definition) is 2. The summed E-state index contributed by atoms with van der Waals surface area (Å²) in [7, 11) is 0. The molecule has 4 heteroatoms. The molecule has 1 aromatic carbocycles. The minimum atomic E-state index is -0.508. The van der Waals surface area contributed by atoms with Gasteiger partial charge in [0.1, 0.15) is 0 Å². The maximum Gasteiger partial charge on any atom is 0.231 e. The van der Waals surface area contributed by atoms with Crippen molar-refractivity contribution in [2.24, 2.45) is 11.1 Å². The molecule has 1 aromatic rings. The number of carbonyl (C=O) groups is 1. The van der Waals surface area contributed by atoms with Crippen LogP contribution in [0, 0.1) is 5.41 Å². The van der Waals surface area contributed by atoms with Crippen LogP contribution < -0.4 is 16.0 Å². The fourth-order valence-corrected chi connectivity index (χ4v) is 2.26. The van der Waals surface area contributed by atoms with Gasteiger partial charge in [-0.3, -0.25) is 4.79 Å². The van der Waals surface area contributed by atoms with Gasteiger partial charge in [0.25, 0.3) is 0 Å². The van der Waals surface area contributed by atoms with Crippen LogP contribution in [0.3, 0.4) is 0 Å². The first-order valence-corrected chi connectivity index (χ1v) is 7.76. The first-order chi connectivity index (χ1) is 9.87. The van der Waals surface area contributed by atoms with E-state index < -0.39 is 5.41 Å². The molecule has 0 aliphatic heterocycles. The molecule has 0 spiro atoms. The minimum absolute atomic E-state index is 0.0172. The Hall–Kier alpha value is -1.55. The van der Waals surface area contributed by atoms with Gasteiger partial charge in [0.15, 0.2) is 0 Å². The summed E-state index contributed by atoms with van der Waals surface area (Å²) >= 11 is 0. The van der Waals surface area contributed by atoms with Crippen LogP contribution in [0.2, 0.25) is 0 Å². The highest BCUT2D eigenvalue weighted by atomic mass is 16.2. The zero-order valence-corrected chi connectivity index (χ0v) is 13.9. The van der Waals surface area contributed by atoms with Crippen molar-refractivity contribution in [1.82, 2.24) is 0 Å². The molecular formula is C17H29N3O. The second kappa shape index (κ2) is 7.46. The van der Waals surface area contributed by atoms with Crippen molar-refractivity contribution in [3.05, 3.63) is 24.3 Å². The Labute approximate surface area is 128 Å². The third kappa shape index (κ3) is 4.21. The van der Waals surface area contributed by atoms with E-state index in [1.165, 1.54) is 5.69 Å². The molecule has 1 amide bonds. The summed E-state index contributed by atoms with van der Waals surface area (Å²) in [6.07, 6.45) is 0.727. The third-order valence-corrected chi connectivity index (χ3v) is 4.20. The standard InChI is InChI=1S/C17H29N3O/c1-6-17(5,12-18)16(21)19-14-8-10-15(11-9-14)20(7-2)13(3)4/h8-11,13H,6-7,12,18H2,1-5H3,(H,19,21). The van der Waals surface area contributed by atoms with Crippen molar-refractivity contribution in [2.45, 2.75) is 47.1 Å². The summed E-state index contributed by atoms with van der Waals surface area (Å²) in [6.45, 7) is 11.7. The van der Waals surface area contributed by atoms with E-state index in [-0.39, 0.29) is 5.91 Å². The van der Waals surface area contributed by atoms with Crippen molar-refractivity contribution in [2.75, 3.05) is 23.3 Å². The van der Waals surface area contributed by atoms with Crippen LogP contribution in [0.25, 0.3) is 0 Å². The molecule has 0 radical (unpaired) electrons. The Morgan fingerprint density at radius 2 is 1.86 bits per heavy atom. The molecule has 0 aliphatic carbocycles. The first-order valence-electron chi connectivity index (χ1n) is 7.76. The fraction of sp³-hybridized carbons (Fsp3) is 0.588. The molecule has 0 saturated carbocycles. The molecule has 1 unspecified atom stereocenters. The van der Waals surface area contributed by atoms with Crippen molar-refractivity contribution in [3.8, 4) is 0 Å². The lowest BCUT2D eigenvalue weighted by Crippen LogP contribution is -2.39. The molecule has 1 atom stereocenters. The van der Waals surface area contributed by atoms with Gasteiger partial charge in [-0.2, -0.15) is 0 Å². The number of nitrogens with two attached hydrogens (primary N) is 1. The van der Waals surface area contributed by atoms with Gasteiger partial charge >= 0.3 is 0 Å². The van der Waals surface area contributed by atoms with Crippen molar-refractivity contribution in [3.63, 3.8) is 0 Å². The van der Waals surface area contributed by atoms with E-state index in [9.17, 15) is 4.79 Å². The number of rotatable bonds is 7. The zero-order valence-electron chi connectivity index (χ0n) is 13.9. The van der Waals surface area contributed by atoms with E-state index in [1.54, 1.807) is 0 Å². The van der Waals surface area contributed by atoms with Crippen LogP contribution in [-0.2, 0) is 4.79 Å². The molecule has 3 N–H and O–H groups in total. The predicted molar refractivity (Wildman–Crippen MR) is 90.7 cm³/mol. The van der Waals surface area contributed by atoms with Crippen molar-refractivity contribution in [1.29, 1.82) is 0 Å². The molecule has 118 valence electrons. The number of nitrogens with zero attached hydrogens (tertiary/aromatic N) is 1. The summed E-state index contributed by atoms with van der Waals surface area (Å²) < 4.78 is 0. The van der Waals surface area contributed by atoms with Gasteiger partial charge < -0.3 is 16.0 Å². The monoisotopic (exact) mass is 291 g/mol. The number of amides is 1. The molecule has 0 aromatic heterocycles. The third-order valence-electron chi connectivity index (χ3n) is 4.20. The Kier molecular flexibility index (Phi) is 6.21. The normalized spacial score (nSPS) is 13.9. The van der Waals surface area contributed by atoms with Gasteiger partial charge in [-0.1, -0.05) is 6.92 Å². The Bertz CT molecular complexity index is 450. The zero-order chi connectivity index (χ0) is 16.0. The van der Waals surface area contributed by atoms with Crippen LogP contribution in [0.5, 0.6) is 0 Å². The first kappa shape index (κ1) is 17.5. The molecule has 0 saturated heterocycles. The average molecular weight is 291 g/mol. The molecule has 4 nitrogen and oxygen atoms in total. The van der Waals surface area contributed by atoms with Crippen molar-refractivity contribution >= 4 is 17.3 Å². The molecule has 0 fully saturated rings. The number of benzene rings is 1. The number of carbonyl (C=O) groups excluding carboxylic acids is 1. The van der Waals surface area contributed by atoms with Gasteiger partial charge in [-0.25, -0.2) is 0 Å². The minimum Gasteiger partial charge on any atom is -0.369 e. The highest BCUT2D eigenvalue weighted by Gasteiger charge is 2.29. The van der Waals surface area contributed by atoms with E-state index in [1.807, 2.05) is 38.1 Å². The summed E-state index contributed by atoms with van der Waals surface area (Å²) in [5.41, 5.74) is 7.20. The summed E-state index contributed by atoms with van der Waals surface area (Å²) in [5, 5.41) is 2.96. The molecule has 0 heterocycles. The second-order valence-electron chi connectivity index (χ2n) is 6.00. The lowest BCUT2D eigenvalue weighted by molar-refractivity contribution is -0.124. The Morgan fingerprint density at radius 3 is 2.24 bits per heavy atom. The van der Waals surface area contributed by atoms with Gasteiger partial charge in [0.2, 0.25) is 5.91 Å². The molecule has 21 heavy (non-hydrogen) atoms. The van der Waals surface area contributed by atoms with Crippen LogP contribution in [0.1, 0.15) is 41.0 Å². The molecular weight excluding hydrogens is 262 g/mol. The number of anilines is 2. The Morgan fingerprint density at radius 1 is 1.29 bits per heavy atom. The topological polar surface area (TPSA) is 58.4 Å². The van der Waals surface area contributed by atoms with Crippen LogP contribution in [0.4, 0.5) is 11.4 Å². The van der Waals surface area contributed by atoms with Crippen LogP contribution >= 0.6 is 0 Å². The Balaban J connectivity index is 2.82. The van der Waals surface area contributed by atoms with Gasteiger partial charge in [0, 0.05) is 30.5 Å². The van der Waals surface area contributed by atoms with Gasteiger partial charge in [-0.05, 0) is 58.4 Å². The fourth-order valence-electron chi connectivity index (χ4n) is 2.26. The van der Waals surface area contributed by atoms with E-state index >= 15 is 0 Å². The largest absolute Gasteiger partial charge is 0.369 e. The summed E-state index contributed by atoms with van der Waals surface area (Å²) in [5.74, 6) is -0.0172. The molecule has 0 aliphatic rings. The van der Waals surface area contributed by atoms with Crippen LogP contribution in [-0.4, -0.2) is 25.0 Å². The second-order valence-corrected chi connectivity index (χ2v) is 6.00. The quantitative estimate of drug-likeness (QED) is 0.811. The van der Waals surface area contributed by atoms with Gasteiger partial charge in [-0.15, -0.1) is 0 Å². The lowest BCUT2D eigenvalue weighted by Gasteiger charge is -2.28. The highest BCUT2D eigenvalue weighted by molar-refractivity contribution is 5.95. The number of nitrogens with one attached hydrogen (secondary N) is 1. The SMILES string of the molecule is CCN(c1ccc(NC(=O)C(C)(CC)CN)cc1)C(C)C. The van der Waals surface area contributed by atoms with E-state index in [4.69, 9.17) is 5.73 Å². The summed E-state index contributed by atoms with van der Waals surface area (Å²) in [6, 6.07) is 8.45. The van der Waals surface area contributed by atoms with E-state index in [2.05, 4.69) is 31.0 Å². The molecule has 1 rings (SSSR count). The smallest absolute Gasteiger partial charge is 0.231 e. The van der Waals surface area contributed by atoms with E-state index in [0.29, 0.717) is 12.6 Å². The maximum absolute atomic E-state index is 12.3. The van der Waals surface area contributed by atoms with Crippen LogP contribution in [0.15, 0.2) is 24.3 Å². The van der Waals surface area contributed by atoms with Gasteiger partial charge in [0.05, 0.1) is 5.41 Å². The van der Waals surface area contributed by atoms with Crippen molar-refractivity contribution < 1.29 is 4.79 Å². The summed E-state index contributed by atoms with van der Waals surface area (Å²) in [4.78, 5) is 14.6. The lowest BCUT2D eigenvalue weighted by atomic mass is 9.86. The maximum atomic E-state index is 12.3. The highest BCUT2D eigenvalue weighted by Crippen LogP contribution is 2.24.